The van der Waals surface area contributed by atoms with Crippen LogP contribution in [0.2, 0.25) is 15.1 Å². The van der Waals surface area contributed by atoms with Crippen molar-refractivity contribution >= 4 is 47.2 Å². The van der Waals surface area contributed by atoms with E-state index in [0.29, 0.717) is 28.2 Å². The van der Waals surface area contributed by atoms with Crippen LogP contribution in [0.1, 0.15) is 38.3 Å². The van der Waals surface area contributed by atoms with Crippen molar-refractivity contribution in [3.63, 3.8) is 0 Å². The summed E-state index contributed by atoms with van der Waals surface area (Å²) in [5.41, 5.74) is 1.97. The predicted molar refractivity (Wildman–Crippen MR) is 111 cm³/mol. The van der Waals surface area contributed by atoms with Gasteiger partial charge in [0.15, 0.2) is 0 Å². The lowest BCUT2D eigenvalue weighted by Gasteiger charge is -2.25. The Kier molecular flexibility index (Phi) is 8.86. The summed E-state index contributed by atoms with van der Waals surface area (Å²) >= 11 is 18.3. The Balaban J connectivity index is 0.00000312. The highest BCUT2D eigenvalue weighted by molar-refractivity contribution is 6.35. The zero-order chi connectivity index (χ0) is 17.7. The van der Waals surface area contributed by atoms with Gasteiger partial charge in [0.2, 0.25) is 0 Å². The summed E-state index contributed by atoms with van der Waals surface area (Å²) in [5.74, 6) is 0.796. The predicted octanol–water partition coefficient (Wildman–Crippen LogP) is 6.93. The van der Waals surface area contributed by atoms with Crippen LogP contribution in [0.4, 0.5) is 0 Å². The van der Waals surface area contributed by atoms with E-state index in [1.165, 1.54) is 0 Å². The summed E-state index contributed by atoms with van der Waals surface area (Å²) < 4.78 is 5.97. The summed E-state index contributed by atoms with van der Waals surface area (Å²) in [7, 11) is 0. The molecule has 0 heterocycles. The Labute approximate surface area is 171 Å². The molecule has 2 rings (SSSR count). The molecule has 0 aromatic heterocycles. The number of hydrogen-bond acceptors (Lipinski definition) is 2. The quantitative estimate of drug-likeness (QED) is 0.522. The summed E-state index contributed by atoms with van der Waals surface area (Å²) in [5, 5.41) is 5.43. The van der Waals surface area contributed by atoms with Gasteiger partial charge in [0.25, 0.3) is 0 Å². The maximum atomic E-state index is 6.20. The van der Waals surface area contributed by atoms with Crippen molar-refractivity contribution in [2.75, 3.05) is 0 Å². The van der Waals surface area contributed by atoms with Crippen molar-refractivity contribution in [1.82, 2.24) is 5.32 Å². The van der Waals surface area contributed by atoms with Crippen LogP contribution in [0.5, 0.6) is 5.75 Å². The molecule has 0 fully saturated rings. The minimum absolute atomic E-state index is 0. The van der Waals surface area contributed by atoms with E-state index in [0.717, 1.165) is 23.3 Å². The van der Waals surface area contributed by atoms with E-state index in [2.05, 4.69) is 26.1 Å². The van der Waals surface area contributed by atoms with Crippen LogP contribution in [0.15, 0.2) is 36.4 Å². The smallest absolute Gasteiger partial charge is 0.124 e. The highest BCUT2D eigenvalue weighted by Gasteiger charge is 2.15. The van der Waals surface area contributed by atoms with Gasteiger partial charge in [-0.25, -0.2) is 0 Å². The van der Waals surface area contributed by atoms with Crippen LogP contribution in [-0.4, -0.2) is 5.54 Å². The first-order valence-corrected chi connectivity index (χ1v) is 9.04. The van der Waals surface area contributed by atoms with E-state index in [4.69, 9.17) is 39.5 Å². The van der Waals surface area contributed by atoms with Crippen LogP contribution >= 0.6 is 47.2 Å². The number of hydrogen-bond donors (Lipinski definition) is 1. The number of ether oxygens (including phenoxy) is 1. The molecule has 2 aromatic rings. The topological polar surface area (TPSA) is 21.3 Å². The number of benzene rings is 2. The maximum Gasteiger partial charge on any atom is 0.124 e. The Hall–Kier alpha value is -0.640. The molecule has 0 radical (unpaired) electrons. The van der Waals surface area contributed by atoms with Crippen molar-refractivity contribution < 1.29 is 4.74 Å². The lowest BCUT2D eigenvalue weighted by Crippen LogP contribution is -2.37. The minimum Gasteiger partial charge on any atom is -0.489 e. The highest BCUT2D eigenvalue weighted by Crippen LogP contribution is 2.27. The molecule has 138 valence electrons. The van der Waals surface area contributed by atoms with Crippen LogP contribution < -0.4 is 10.1 Å². The molecule has 0 aliphatic carbocycles. The van der Waals surface area contributed by atoms with Gasteiger partial charge < -0.3 is 10.1 Å². The third-order valence-electron chi connectivity index (χ3n) is 4.06. The monoisotopic (exact) mass is 421 g/mol. The Morgan fingerprint density at radius 2 is 1.60 bits per heavy atom. The molecule has 0 atom stereocenters. The van der Waals surface area contributed by atoms with Gasteiger partial charge in [-0.3, -0.25) is 0 Å². The molecular weight excluding hydrogens is 400 g/mol. The second kappa shape index (κ2) is 9.89. The zero-order valence-electron chi connectivity index (χ0n) is 14.5. The van der Waals surface area contributed by atoms with Crippen LogP contribution in [0.25, 0.3) is 0 Å². The summed E-state index contributed by atoms with van der Waals surface area (Å²) in [6, 6.07) is 11.0. The molecule has 1 N–H and O–H groups in total. The van der Waals surface area contributed by atoms with Crippen LogP contribution in [0, 0.1) is 0 Å². The molecule has 2 nitrogen and oxygen atoms in total. The lowest BCUT2D eigenvalue weighted by atomic mass is 10.0. The second-order valence-corrected chi connectivity index (χ2v) is 7.65. The standard InChI is InChI=1S/C19H22Cl3NO.ClH/c1-4-19(2,3)23-11-14-9-15(20)7-8-18(14)24-12-13-5-6-16(21)10-17(13)22;/h5-10,23H,4,11-12H2,1-3H3;1H. The largest absolute Gasteiger partial charge is 0.489 e. The first-order valence-electron chi connectivity index (χ1n) is 7.91. The molecule has 25 heavy (non-hydrogen) atoms. The fraction of sp³-hybridized carbons (Fsp3) is 0.368. The Morgan fingerprint density at radius 1 is 0.960 bits per heavy atom. The number of halogens is 4. The summed E-state index contributed by atoms with van der Waals surface area (Å²) in [6.07, 6.45) is 1.03. The number of rotatable bonds is 7. The summed E-state index contributed by atoms with van der Waals surface area (Å²) in [4.78, 5) is 0. The maximum absolute atomic E-state index is 6.20. The molecule has 0 spiro atoms. The van der Waals surface area contributed by atoms with E-state index < -0.39 is 0 Å². The fourth-order valence-corrected chi connectivity index (χ4v) is 2.74. The van der Waals surface area contributed by atoms with Gasteiger partial charge in [0.05, 0.1) is 0 Å². The van der Waals surface area contributed by atoms with Gasteiger partial charge in [0.1, 0.15) is 12.4 Å². The molecule has 0 amide bonds. The van der Waals surface area contributed by atoms with Crippen molar-refractivity contribution in [1.29, 1.82) is 0 Å². The van der Waals surface area contributed by atoms with Gasteiger partial charge in [-0.2, -0.15) is 0 Å². The molecule has 0 aliphatic heterocycles. The molecule has 2 aromatic carbocycles. The molecule has 0 saturated heterocycles. The van der Waals surface area contributed by atoms with Gasteiger partial charge in [-0.05, 0) is 50.6 Å². The Morgan fingerprint density at radius 3 is 2.24 bits per heavy atom. The van der Waals surface area contributed by atoms with E-state index in [1.807, 2.05) is 24.3 Å². The molecule has 0 saturated carbocycles. The van der Waals surface area contributed by atoms with Crippen molar-refractivity contribution in [3.05, 3.63) is 62.6 Å². The highest BCUT2D eigenvalue weighted by atomic mass is 35.5. The molecule has 0 unspecified atom stereocenters. The normalized spacial score (nSPS) is 11.1. The second-order valence-electron chi connectivity index (χ2n) is 6.37. The van der Waals surface area contributed by atoms with Crippen molar-refractivity contribution in [3.8, 4) is 5.75 Å². The first kappa shape index (κ1) is 22.4. The third kappa shape index (κ3) is 6.88. The van der Waals surface area contributed by atoms with Gasteiger partial charge in [0, 0.05) is 38.3 Å². The van der Waals surface area contributed by atoms with Gasteiger partial charge in [-0.15, -0.1) is 12.4 Å². The van der Waals surface area contributed by atoms with E-state index in [-0.39, 0.29) is 17.9 Å². The molecule has 0 aliphatic rings. The van der Waals surface area contributed by atoms with E-state index in [9.17, 15) is 0 Å². The average molecular weight is 423 g/mol. The van der Waals surface area contributed by atoms with Crippen LogP contribution in [-0.2, 0) is 13.2 Å². The van der Waals surface area contributed by atoms with Crippen LogP contribution in [0.3, 0.4) is 0 Å². The van der Waals surface area contributed by atoms with E-state index in [1.54, 1.807) is 12.1 Å². The first-order chi connectivity index (χ1) is 11.3. The van der Waals surface area contributed by atoms with Crippen molar-refractivity contribution in [2.45, 2.75) is 45.9 Å². The summed E-state index contributed by atoms with van der Waals surface area (Å²) in [6.45, 7) is 7.56. The van der Waals surface area contributed by atoms with E-state index >= 15 is 0 Å². The molecular formula is C19H23Cl4NO. The van der Waals surface area contributed by atoms with Gasteiger partial charge in [-0.1, -0.05) is 47.8 Å². The fourth-order valence-electron chi connectivity index (χ4n) is 2.08. The SMILES string of the molecule is CCC(C)(C)NCc1cc(Cl)ccc1OCc1ccc(Cl)cc1Cl.Cl. The Bertz CT molecular complexity index is 704. The number of nitrogens with one attached hydrogen (secondary N) is 1. The molecule has 6 heteroatoms. The zero-order valence-corrected chi connectivity index (χ0v) is 17.6. The lowest BCUT2D eigenvalue weighted by molar-refractivity contribution is 0.298. The third-order valence-corrected chi connectivity index (χ3v) is 4.88. The molecule has 0 bridgehead atoms. The van der Waals surface area contributed by atoms with Gasteiger partial charge >= 0.3 is 0 Å². The van der Waals surface area contributed by atoms with Crippen molar-refractivity contribution in [2.24, 2.45) is 0 Å². The average Bonchev–Trinajstić information content (AvgIpc) is 2.53. The minimum atomic E-state index is 0.